The summed E-state index contributed by atoms with van der Waals surface area (Å²) in [6.07, 6.45) is 0. The van der Waals surface area contributed by atoms with Crippen LogP contribution in [0.4, 0.5) is 11.4 Å². The van der Waals surface area contributed by atoms with E-state index in [1.165, 1.54) is 24.3 Å². The molecule has 6 rings (SSSR count). The molecule has 0 aliphatic carbocycles. The number of carbonyl (C=O) groups is 4. The van der Waals surface area contributed by atoms with Gasteiger partial charge >= 0.3 is 0 Å². The van der Waals surface area contributed by atoms with Crippen LogP contribution < -0.4 is 10.6 Å². The van der Waals surface area contributed by atoms with Gasteiger partial charge in [0.1, 0.15) is 0 Å². The molecule has 2 aliphatic rings. The highest BCUT2D eigenvalue weighted by Crippen LogP contribution is 2.35. The Morgan fingerprint density at radius 1 is 0.609 bits per heavy atom. The van der Waals surface area contributed by atoms with Crippen molar-refractivity contribution in [3.05, 3.63) is 103 Å². The first kappa shape index (κ1) is 30.4. The van der Waals surface area contributed by atoms with Crippen LogP contribution in [0.2, 0.25) is 0 Å². The van der Waals surface area contributed by atoms with Gasteiger partial charge in [0.15, 0.2) is 0 Å². The standard InChI is InChI=1S/C32H28N6O8/c1-17(15-35-29(39)23-7-3-5-19-11-21(37(43)44)13-25(27(19)23)31(35)41)33-9-10-34-18(2)16-36-30(40)24-8-4-6-20-12-22(38(45)46)14-26(28(20)24)32(36)42/h3-8,11-14,17-18,33-34H,9-10,15-16H2,1-2H3/t17-,18-/m1/s1. The van der Waals surface area contributed by atoms with Crippen LogP contribution in [0.1, 0.15) is 55.3 Å². The number of rotatable bonds is 11. The zero-order valence-corrected chi connectivity index (χ0v) is 24.8. The number of nitrogens with one attached hydrogen (secondary N) is 2. The van der Waals surface area contributed by atoms with Gasteiger partial charge in [-0.2, -0.15) is 0 Å². The molecule has 2 heterocycles. The third-order valence-corrected chi connectivity index (χ3v) is 8.27. The van der Waals surface area contributed by atoms with E-state index in [2.05, 4.69) is 10.6 Å². The van der Waals surface area contributed by atoms with Gasteiger partial charge in [0, 0.05) is 84.4 Å². The number of non-ortho nitro benzene ring substituents is 2. The molecule has 2 N–H and O–H groups in total. The fourth-order valence-corrected chi connectivity index (χ4v) is 6.14. The lowest BCUT2D eigenvalue weighted by Crippen LogP contribution is -2.50. The Morgan fingerprint density at radius 3 is 1.35 bits per heavy atom. The first-order chi connectivity index (χ1) is 22.0. The summed E-state index contributed by atoms with van der Waals surface area (Å²) in [4.78, 5) is 77.1. The Morgan fingerprint density at radius 2 is 0.978 bits per heavy atom. The van der Waals surface area contributed by atoms with E-state index in [4.69, 9.17) is 0 Å². The zero-order valence-electron chi connectivity index (χ0n) is 24.8. The van der Waals surface area contributed by atoms with Crippen molar-refractivity contribution in [2.45, 2.75) is 25.9 Å². The summed E-state index contributed by atoms with van der Waals surface area (Å²) in [7, 11) is 0. The second-order valence-electron chi connectivity index (χ2n) is 11.5. The molecule has 4 aromatic rings. The van der Waals surface area contributed by atoms with Gasteiger partial charge in [0.2, 0.25) is 0 Å². The van der Waals surface area contributed by atoms with Crippen molar-refractivity contribution in [3.8, 4) is 0 Å². The molecular weight excluding hydrogens is 596 g/mol. The number of carbonyl (C=O) groups excluding carboxylic acids is 4. The number of benzene rings is 4. The van der Waals surface area contributed by atoms with E-state index in [9.17, 15) is 39.4 Å². The maximum Gasteiger partial charge on any atom is 0.270 e. The van der Waals surface area contributed by atoms with Gasteiger partial charge in [0.25, 0.3) is 35.0 Å². The molecule has 0 bridgehead atoms. The molecular formula is C32H28N6O8. The molecule has 2 aliphatic heterocycles. The third-order valence-electron chi connectivity index (χ3n) is 8.27. The smallest absolute Gasteiger partial charge is 0.270 e. The van der Waals surface area contributed by atoms with E-state index in [1.807, 2.05) is 0 Å². The SMILES string of the molecule is C[C@H](CN1C(=O)c2cccc3cc([N+](=O)[O-])cc(c23)C1=O)NCCN[C@H](C)CN1C(=O)c2cccc3cc([N+](=O)[O-])cc(c23)C1=O. The van der Waals surface area contributed by atoms with E-state index in [-0.39, 0.29) is 47.7 Å². The summed E-state index contributed by atoms with van der Waals surface area (Å²) in [5, 5.41) is 31.1. The fraction of sp³-hybridized carbons (Fsp3) is 0.250. The highest BCUT2D eigenvalue weighted by Gasteiger charge is 2.36. The second-order valence-corrected chi connectivity index (χ2v) is 11.5. The van der Waals surface area contributed by atoms with Gasteiger partial charge in [-0.05, 0) is 36.8 Å². The van der Waals surface area contributed by atoms with Crippen LogP contribution >= 0.6 is 0 Å². The monoisotopic (exact) mass is 624 g/mol. The lowest BCUT2D eigenvalue weighted by molar-refractivity contribution is -0.384. The van der Waals surface area contributed by atoms with Crippen molar-refractivity contribution in [3.63, 3.8) is 0 Å². The van der Waals surface area contributed by atoms with Crippen molar-refractivity contribution < 1.29 is 29.0 Å². The molecule has 0 unspecified atom stereocenters. The van der Waals surface area contributed by atoms with Crippen LogP contribution in [-0.2, 0) is 0 Å². The van der Waals surface area contributed by atoms with E-state index in [0.29, 0.717) is 45.8 Å². The summed E-state index contributed by atoms with van der Waals surface area (Å²) in [5.41, 5.74) is 0.364. The van der Waals surface area contributed by atoms with E-state index < -0.39 is 33.5 Å². The minimum atomic E-state index is -0.601. The van der Waals surface area contributed by atoms with Gasteiger partial charge in [0.05, 0.1) is 21.0 Å². The molecule has 4 amide bonds. The lowest BCUT2D eigenvalue weighted by atomic mass is 9.93. The Balaban J connectivity index is 1.06. The highest BCUT2D eigenvalue weighted by molar-refractivity contribution is 6.26. The molecule has 14 nitrogen and oxygen atoms in total. The van der Waals surface area contributed by atoms with E-state index in [1.54, 1.807) is 50.2 Å². The Kier molecular flexibility index (Phi) is 7.75. The average molecular weight is 625 g/mol. The van der Waals surface area contributed by atoms with Crippen LogP contribution in [-0.4, -0.2) is 81.5 Å². The maximum atomic E-state index is 13.3. The van der Waals surface area contributed by atoms with Crippen molar-refractivity contribution in [2.24, 2.45) is 0 Å². The molecule has 0 radical (unpaired) electrons. The first-order valence-electron chi connectivity index (χ1n) is 14.6. The van der Waals surface area contributed by atoms with Crippen molar-refractivity contribution in [2.75, 3.05) is 26.2 Å². The first-order valence-corrected chi connectivity index (χ1v) is 14.6. The van der Waals surface area contributed by atoms with Crippen LogP contribution in [0.25, 0.3) is 21.5 Å². The number of amides is 4. The molecule has 0 saturated carbocycles. The largest absolute Gasteiger partial charge is 0.311 e. The lowest BCUT2D eigenvalue weighted by Gasteiger charge is -2.30. The van der Waals surface area contributed by atoms with Crippen molar-refractivity contribution in [1.29, 1.82) is 0 Å². The summed E-state index contributed by atoms with van der Waals surface area (Å²) >= 11 is 0. The minimum absolute atomic E-state index is 0.0274. The zero-order chi connectivity index (χ0) is 32.9. The number of nitrogens with zero attached hydrogens (tertiary/aromatic N) is 4. The molecule has 0 fully saturated rings. The summed E-state index contributed by atoms with van der Waals surface area (Å²) in [6.45, 7) is 4.48. The molecule has 234 valence electrons. The number of nitro groups is 2. The fourth-order valence-electron chi connectivity index (χ4n) is 6.14. The van der Waals surface area contributed by atoms with Crippen LogP contribution in [0.3, 0.4) is 0 Å². The van der Waals surface area contributed by atoms with E-state index in [0.717, 1.165) is 9.80 Å². The quantitative estimate of drug-likeness (QED) is 0.108. The normalized spacial score (nSPS) is 15.5. The summed E-state index contributed by atoms with van der Waals surface area (Å²) in [6, 6.07) is 14.1. The molecule has 0 saturated heterocycles. The molecule has 4 aromatic carbocycles. The summed E-state index contributed by atoms with van der Waals surface area (Å²) < 4.78 is 0. The average Bonchev–Trinajstić information content (AvgIpc) is 3.03. The number of imide groups is 2. The number of hydrogen-bond acceptors (Lipinski definition) is 10. The highest BCUT2D eigenvalue weighted by atomic mass is 16.6. The minimum Gasteiger partial charge on any atom is -0.311 e. The maximum absolute atomic E-state index is 13.3. The predicted molar refractivity (Wildman–Crippen MR) is 167 cm³/mol. The number of nitro benzene ring substituents is 2. The van der Waals surface area contributed by atoms with Gasteiger partial charge < -0.3 is 10.6 Å². The van der Waals surface area contributed by atoms with Gasteiger partial charge in [-0.1, -0.05) is 24.3 Å². The molecule has 0 spiro atoms. The Hall–Kier alpha value is -5.60. The van der Waals surface area contributed by atoms with Crippen LogP contribution in [0, 0.1) is 20.2 Å². The predicted octanol–water partition coefficient (Wildman–Crippen LogP) is 3.66. The van der Waals surface area contributed by atoms with Crippen LogP contribution in [0.5, 0.6) is 0 Å². The van der Waals surface area contributed by atoms with Crippen molar-refractivity contribution in [1.82, 2.24) is 20.4 Å². The van der Waals surface area contributed by atoms with E-state index >= 15 is 0 Å². The molecule has 14 heteroatoms. The van der Waals surface area contributed by atoms with Gasteiger partial charge in [-0.3, -0.25) is 49.2 Å². The van der Waals surface area contributed by atoms with Crippen molar-refractivity contribution >= 4 is 56.5 Å². The Labute approximate surface area is 261 Å². The van der Waals surface area contributed by atoms with Gasteiger partial charge in [-0.25, -0.2) is 0 Å². The second kappa shape index (κ2) is 11.7. The van der Waals surface area contributed by atoms with Gasteiger partial charge in [-0.15, -0.1) is 0 Å². The Bertz CT molecular complexity index is 1870. The third kappa shape index (κ3) is 5.22. The number of hydrogen-bond donors (Lipinski definition) is 2. The van der Waals surface area contributed by atoms with Crippen LogP contribution in [0.15, 0.2) is 60.7 Å². The molecule has 0 aromatic heterocycles. The summed E-state index contributed by atoms with van der Waals surface area (Å²) in [5.74, 6) is -2.15. The topological polar surface area (TPSA) is 185 Å². The molecule has 2 atom stereocenters. The molecule has 46 heavy (non-hydrogen) atoms.